The fraction of sp³-hybridized carbons (Fsp3) is 0.400. The number of hydrogen-bond acceptors (Lipinski definition) is 3. The molecule has 0 aliphatic heterocycles. The number of nitrogens with zero attached hydrogens (tertiary/aromatic N) is 2. The molecular formula is C5H6FN3O. The molecule has 0 aromatic carbocycles. The second-order valence-electron chi connectivity index (χ2n) is 1.74. The molecule has 54 valence electrons. The second-order valence-corrected chi connectivity index (χ2v) is 1.74. The molecule has 0 atom stereocenters. The van der Waals surface area contributed by atoms with Gasteiger partial charge >= 0.3 is 0 Å². The van der Waals surface area contributed by atoms with Crippen LogP contribution < -0.4 is 0 Å². The van der Waals surface area contributed by atoms with Crippen molar-refractivity contribution in [3.63, 3.8) is 0 Å². The van der Waals surface area contributed by atoms with E-state index < -0.39 is 5.95 Å². The van der Waals surface area contributed by atoms with Gasteiger partial charge in [0.2, 0.25) is 0 Å². The summed E-state index contributed by atoms with van der Waals surface area (Å²) in [4.78, 5) is 10.7. The smallest absolute Gasteiger partial charge is 0.263 e. The summed E-state index contributed by atoms with van der Waals surface area (Å²) in [6.45, 7) is 1.64. The molecule has 0 fully saturated rings. The number of H-pyrrole nitrogens is 1. The molecule has 0 saturated carbocycles. The Kier molecular flexibility index (Phi) is 1.75. The molecule has 5 heteroatoms. The van der Waals surface area contributed by atoms with Gasteiger partial charge in [0, 0.05) is 6.42 Å². The Labute approximate surface area is 56.4 Å². The highest BCUT2D eigenvalue weighted by molar-refractivity contribution is 5.93. The molecule has 1 rings (SSSR count). The zero-order valence-electron chi connectivity index (χ0n) is 5.39. The van der Waals surface area contributed by atoms with E-state index in [0.29, 0.717) is 0 Å². The van der Waals surface area contributed by atoms with Gasteiger partial charge in [0.25, 0.3) is 5.95 Å². The summed E-state index contributed by atoms with van der Waals surface area (Å²) in [5.41, 5.74) is -0.206. The first kappa shape index (κ1) is 6.85. The monoisotopic (exact) mass is 143 g/mol. The van der Waals surface area contributed by atoms with Crippen molar-refractivity contribution in [1.82, 2.24) is 15.4 Å². The molecule has 0 bridgehead atoms. The minimum absolute atomic E-state index is 0.206. The van der Waals surface area contributed by atoms with E-state index in [4.69, 9.17) is 0 Å². The minimum atomic E-state index is -0.827. The van der Waals surface area contributed by atoms with Gasteiger partial charge in [0.15, 0.2) is 11.5 Å². The SMILES string of the molecule is CCC(=O)c1n[nH]nc1F. The molecular weight excluding hydrogens is 137 g/mol. The largest absolute Gasteiger partial charge is 0.292 e. The van der Waals surface area contributed by atoms with E-state index in [0.717, 1.165) is 0 Å². The quantitative estimate of drug-likeness (QED) is 0.614. The van der Waals surface area contributed by atoms with E-state index in [1.54, 1.807) is 6.92 Å². The summed E-state index contributed by atoms with van der Waals surface area (Å²) < 4.78 is 12.4. The van der Waals surface area contributed by atoms with Gasteiger partial charge in [-0.15, -0.1) is 10.2 Å². The van der Waals surface area contributed by atoms with Crippen molar-refractivity contribution < 1.29 is 9.18 Å². The van der Waals surface area contributed by atoms with E-state index in [9.17, 15) is 9.18 Å². The van der Waals surface area contributed by atoms with Gasteiger partial charge in [-0.1, -0.05) is 6.92 Å². The molecule has 1 N–H and O–H groups in total. The summed E-state index contributed by atoms with van der Waals surface area (Å²) in [6, 6.07) is 0. The van der Waals surface area contributed by atoms with E-state index in [2.05, 4.69) is 10.2 Å². The van der Waals surface area contributed by atoms with E-state index >= 15 is 0 Å². The molecule has 1 aromatic rings. The van der Waals surface area contributed by atoms with Gasteiger partial charge in [-0.3, -0.25) is 4.79 Å². The fourth-order valence-electron chi connectivity index (χ4n) is 0.563. The highest BCUT2D eigenvalue weighted by atomic mass is 19.1. The van der Waals surface area contributed by atoms with Crippen molar-refractivity contribution in [2.75, 3.05) is 0 Å². The fourth-order valence-corrected chi connectivity index (χ4v) is 0.563. The molecule has 0 aliphatic rings. The lowest BCUT2D eigenvalue weighted by Gasteiger charge is -1.85. The number of nitrogens with one attached hydrogen (secondary N) is 1. The number of ketones is 1. The van der Waals surface area contributed by atoms with Gasteiger partial charge in [-0.25, -0.2) is 0 Å². The van der Waals surface area contributed by atoms with E-state index in [-0.39, 0.29) is 17.9 Å². The number of Topliss-reactive ketones (excluding diaryl/α,β-unsaturated/α-hetero) is 1. The van der Waals surface area contributed by atoms with Gasteiger partial charge < -0.3 is 0 Å². The van der Waals surface area contributed by atoms with Crippen LogP contribution in [0.4, 0.5) is 4.39 Å². The highest BCUT2D eigenvalue weighted by Crippen LogP contribution is 2.00. The summed E-state index contributed by atoms with van der Waals surface area (Å²) >= 11 is 0. The molecule has 4 nitrogen and oxygen atoms in total. The van der Waals surface area contributed by atoms with Crippen LogP contribution in [0, 0.1) is 5.95 Å². The summed E-state index contributed by atoms with van der Waals surface area (Å²) in [5.74, 6) is -1.17. The van der Waals surface area contributed by atoms with Crippen molar-refractivity contribution in [1.29, 1.82) is 0 Å². The molecule has 0 radical (unpaired) electrons. The first-order valence-corrected chi connectivity index (χ1v) is 2.85. The number of hydrogen-bond donors (Lipinski definition) is 1. The van der Waals surface area contributed by atoms with Crippen molar-refractivity contribution in [3.8, 4) is 0 Å². The van der Waals surface area contributed by atoms with Crippen LogP contribution in [0.3, 0.4) is 0 Å². The Balaban J connectivity index is 2.93. The Morgan fingerprint density at radius 1 is 1.70 bits per heavy atom. The maximum atomic E-state index is 12.4. The maximum absolute atomic E-state index is 12.4. The average Bonchev–Trinajstić information content (AvgIpc) is 2.34. The lowest BCUT2D eigenvalue weighted by Crippen LogP contribution is -1.99. The third kappa shape index (κ3) is 1.02. The normalized spacial score (nSPS) is 9.80. The lowest BCUT2D eigenvalue weighted by atomic mass is 10.2. The lowest BCUT2D eigenvalue weighted by molar-refractivity contribution is 0.0979. The minimum Gasteiger partial charge on any atom is -0.292 e. The molecule has 10 heavy (non-hydrogen) atoms. The number of carbonyl (C=O) groups is 1. The van der Waals surface area contributed by atoms with Crippen LogP contribution in [0.25, 0.3) is 0 Å². The number of carbonyl (C=O) groups excluding carboxylic acids is 1. The van der Waals surface area contributed by atoms with Crippen LogP contribution >= 0.6 is 0 Å². The zero-order valence-corrected chi connectivity index (χ0v) is 5.39. The Morgan fingerprint density at radius 3 is 2.80 bits per heavy atom. The topological polar surface area (TPSA) is 58.6 Å². The van der Waals surface area contributed by atoms with Crippen molar-refractivity contribution in [2.24, 2.45) is 0 Å². The van der Waals surface area contributed by atoms with Gasteiger partial charge in [0.05, 0.1) is 0 Å². The molecule has 0 amide bonds. The molecule has 1 aromatic heterocycles. The summed E-state index contributed by atoms with van der Waals surface area (Å²) in [7, 11) is 0. The van der Waals surface area contributed by atoms with Crippen molar-refractivity contribution in [2.45, 2.75) is 13.3 Å². The van der Waals surface area contributed by atoms with Crippen LogP contribution in [0.1, 0.15) is 23.8 Å². The summed E-state index contributed by atoms with van der Waals surface area (Å²) in [6.07, 6.45) is 0.240. The third-order valence-electron chi connectivity index (χ3n) is 1.09. The Hall–Kier alpha value is -1.26. The van der Waals surface area contributed by atoms with Crippen LogP contribution in [0.15, 0.2) is 0 Å². The molecule has 0 spiro atoms. The third-order valence-corrected chi connectivity index (χ3v) is 1.09. The molecule has 0 saturated heterocycles. The molecule has 1 heterocycles. The van der Waals surface area contributed by atoms with Crippen LogP contribution in [0.2, 0.25) is 0 Å². The van der Waals surface area contributed by atoms with Crippen LogP contribution in [-0.2, 0) is 0 Å². The first-order valence-electron chi connectivity index (χ1n) is 2.85. The summed E-state index contributed by atoms with van der Waals surface area (Å²) in [5, 5.41) is 8.41. The second kappa shape index (κ2) is 2.55. The Morgan fingerprint density at radius 2 is 2.40 bits per heavy atom. The first-order chi connectivity index (χ1) is 4.75. The van der Waals surface area contributed by atoms with Crippen molar-refractivity contribution in [3.05, 3.63) is 11.6 Å². The zero-order chi connectivity index (χ0) is 7.56. The Bertz CT molecular complexity index is 245. The van der Waals surface area contributed by atoms with Crippen LogP contribution in [0.5, 0.6) is 0 Å². The highest BCUT2D eigenvalue weighted by Gasteiger charge is 2.13. The average molecular weight is 143 g/mol. The molecule has 0 aliphatic carbocycles. The number of aromatic amines is 1. The van der Waals surface area contributed by atoms with Gasteiger partial charge in [0.1, 0.15) is 0 Å². The maximum Gasteiger partial charge on any atom is 0.263 e. The predicted octanol–water partition coefficient (Wildman–Crippen LogP) is 0.536. The number of aromatic nitrogens is 3. The number of halogens is 1. The van der Waals surface area contributed by atoms with Gasteiger partial charge in [-0.2, -0.15) is 9.60 Å². The van der Waals surface area contributed by atoms with E-state index in [1.165, 1.54) is 0 Å². The van der Waals surface area contributed by atoms with Gasteiger partial charge in [-0.05, 0) is 0 Å². The molecule has 0 unspecified atom stereocenters. The predicted molar refractivity (Wildman–Crippen MR) is 31.0 cm³/mol. The van der Waals surface area contributed by atoms with Crippen LogP contribution in [-0.4, -0.2) is 21.2 Å². The standard InChI is InChI=1S/C5H6FN3O/c1-2-3(10)4-5(6)8-9-7-4/h2H2,1H3,(H,7,8,9). The number of rotatable bonds is 2. The van der Waals surface area contributed by atoms with Crippen molar-refractivity contribution >= 4 is 5.78 Å². The van der Waals surface area contributed by atoms with E-state index in [1.807, 2.05) is 5.21 Å².